The molecule has 0 unspecified atom stereocenters. The Kier molecular flexibility index (Phi) is 4.93. The molecule has 7 heteroatoms. The van der Waals surface area contributed by atoms with Crippen molar-refractivity contribution in [1.82, 2.24) is 29.2 Å². The van der Waals surface area contributed by atoms with Gasteiger partial charge in [0, 0.05) is 76.6 Å². The summed E-state index contributed by atoms with van der Waals surface area (Å²) in [6.07, 6.45) is 5.04. The molecule has 1 saturated heterocycles. The van der Waals surface area contributed by atoms with Crippen molar-refractivity contribution >= 4 is 11.3 Å². The van der Waals surface area contributed by atoms with E-state index < -0.39 is 0 Å². The highest BCUT2D eigenvalue weighted by atomic mass is 32.1. The van der Waals surface area contributed by atoms with E-state index in [0.717, 1.165) is 52.2 Å². The maximum absolute atomic E-state index is 4.71. The Bertz CT molecular complexity index is 644. The predicted molar refractivity (Wildman–Crippen MR) is 96.1 cm³/mol. The SMILES string of the molecule is CN1CCN(Cc2cnc3n2CCN(Cc2nccs2)CC3)CC1. The van der Waals surface area contributed by atoms with Gasteiger partial charge in [-0.15, -0.1) is 11.3 Å². The van der Waals surface area contributed by atoms with Gasteiger partial charge < -0.3 is 9.47 Å². The molecule has 0 aliphatic carbocycles. The van der Waals surface area contributed by atoms with Crippen LogP contribution in [0.5, 0.6) is 0 Å². The Morgan fingerprint density at radius 1 is 0.958 bits per heavy atom. The lowest BCUT2D eigenvalue weighted by Gasteiger charge is -2.32. The number of fused-ring (bicyclic) bond motifs is 1. The second-order valence-electron chi connectivity index (χ2n) is 6.85. The standard InChI is InChI=1S/C17H26N6S/c1-20-5-7-22(8-6-20)13-15-12-19-16-2-4-21(9-10-23(15)16)14-17-18-3-11-24-17/h3,11-12H,2,4-10,13-14H2,1H3. The molecule has 1 fully saturated rings. The van der Waals surface area contributed by atoms with Crippen LogP contribution in [0.2, 0.25) is 0 Å². The Morgan fingerprint density at radius 2 is 1.75 bits per heavy atom. The fraction of sp³-hybridized carbons (Fsp3) is 0.647. The molecule has 0 N–H and O–H groups in total. The van der Waals surface area contributed by atoms with Crippen LogP contribution in [0.1, 0.15) is 16.5 Å². The fourth-order valence-corrected chi connectivity index (χ4v) is 4.24. The van der Waals surface area contributed by atoms with Crippen LogP contribution in [0.15, 0.2) is 17.8 Å². The van der Waals surface area contributed by atoms with Crippen LogP contribution in [-0.4, -0.2) is 75.6 Å². The molecule has 0 radical (unpaired) electrons. The van der Waals surface area contributed by atoms with Crippen LogP contribution in [-0.2, 0) is 26.1 Å². The molecule has 2 aliphatic rings. The first-order valence-electron chi connectivity index (χ1n) is 8.83. The van der Waals surface area contributed by atoms with Crippen LogP contribution >= 0.6 is 11.3 Å². The van der Waals surface area contributed by atoms with Gasteiger partial charge in [0.25, 0.3) is 0 Å². The Labute approximate surface area is 147 Å². The van der Waals surface area contributed by atoms with Crippen molar-refractivity contribution in [2.75, 3.05) is 46.3 Å². The van der Waals surface area contributed by atoms with E-state index in [2.05, 4.69) is 42.9 Å². The highest BCUT2D eigenvalue weighted by Gasteiger charge is 2.20. The van der Waals surface area contributed by atoms with Gasteiger partial charge in [-0.2, -0.15) is 0 Å². The quantitative estimate of drug-likeness (QED) is 0.830. The van der Waals surface area contributed by atoms with E-state index in [0.29, 0.717) is 0 Å². The average Bonchev–Trinajstić information content (AvgIpc) is 3.18. The second-order valence-corrected chi connectivity index (χ2v) is 7.83. The molecular formula is C17H26N6S. The van der Waals surface area contributed by atoms with E-state index in [4.69, 9.17) is 4.98 Å². The van der Waals surface area contributed by atoms with E-state index in [1.54, 1.807) is 11.3 Å². The van der Waals surface area contributed by atoms with E-state index in [9.17, 15) is 0 Å². The maximum atomic E-state index is 4.71. The van der Waals surface area contributed by atoms with E-state index in [-0.39, 0.29) is 0 Å². The van der Waals surface area contributed by atoms with Crippen molar-refractivity contribution in [3.63, 3.8) is 0 Å². The monoisotopic (exact) mass is 346 g/mol. The summed E-state index contributed by atoms with van der Waals surface area (Å²) >= 11 is 1.75. The highest BCUT2D eigenvalue weighted by Crippen LogP contribution is 2.16. The summed E-state index contributed by atoms with van der Waals surface area (Å²) in [6, 6.07) is 0. The third-order valence-electron chi connectivity index (χ3n) is 5.14. The van der Waals surface area contributed by atoms with E-state index in [1.165, 1.54) is 29.6 Å². The van der Waals surface area contributed by atoms with Gasteiger partial charge in [0.2, 0.25) is 0 Å². The summed E-state index contributed by atoms with van der Waals surface area (Å²) < 4.78 is 2.46. The number of aromatic nitrogens is 3. The second kappa shape index (κ2) is 7.31. The van der Waals surface area contributed by atoms with E-state index >= 15 is 0 Å². The molecular weight excluding hydrogens is 320 g/mol. The molecule has 0 aromatic carbocycles. The van der Waals surface area contributed by atoms with Crippen molar-refractivity contribution in [1.29, 1.82) is 0 Å². The summed E-state index contributed by atoms with van der Waals surface area (Å²) in [5.41, 5.74) is 1.38. The average molecular weight is 347 g/mol. The number of hydrogen-bond donors (Lipinski definition) is 0. The molecule has 0 spiro atoms. The normalized spacial score (nSPS) is 20.9. The minimum absolute atomic E-state index is 0.969. The summed E-state index contributed by atoms with van der Waals surface area (Å²) in [7, 11) is 2.21. The number of thiazole rings is 1. The number of rotatable bonds is 4. The molecule has 0 bridgehead atoms. The smallest absolute Gasteiger partial charge is 0.110 e. The number of imidazole rings is 1. The fourth-order valence-electron chi connectivity index (χ4n) is 3.58. The third-order valence-corrected chi connectivity index (χ3v) is 5.90. The zero-order valence-corrected chi connectivity index (χ0v) is 15.2. The van der Waals surface area contributed by atoms with Gasteiger partial charge >= 0.3 is 0 Å². The van der Waals surface area contributed by atoms with Crippen molar-refractivity contribution in [2.24, 2.45) is 0 Å². The van der Waals surface area contributed by atoms with Crippen LogP contribution in [0.3, 0.4) is 0 Å². The van der Waals surface area contributed by atoms with Crippen molar-refractivity contribution in [2.45, 2.75) is 26.1 Å². The molecule has 130 valence electrons. The molecule has 0 amide bonds. The van der Waals surface area contributed by atoms with Crippen molar-refractivity contribution < 1.29 is 0 Å². The highest BCUT2D eigenvalue weighted by molar-refractivity contribution is 7.09. The molecule has 4 heterocycles. The van der Waals surface area contributed by atoms with Gasteiger partial charge in [-0.3, -0.25) is 9.80 Å². The number of piperazine rings is 1. The van der Waals surface area contributed by atoms with Gasteiger partial charge in [0.05, 0.1) is 12.2 Å². The first-order valence-corrected chi connectivity index (χ1v) is 9.71. The van der Waals surface area contributed by atoms with Gasteiger partial charge in [-0.25, -0.2) is 9.97 Å². The maximum Gasteiger partial charge on any atom is 0.110 e. The summed E-state index contributed by atoms with van der Waals surface area (Å²) in [4.78, 5) is 16.6. The summed E-state index contributed by atoms with van der Waals surface area (Å²) in [5.74, 6) is 1.25. The molecule has 2 aromatic rings. The summed E-state index contributed by atoms with van der Waals surface area (Å²) in [6.45, 7) is 9.86. The molecule has 0 atom stereocenters. The van der Waals surface area contributed by atoms with Gasteiger partial charge in [-0.1, -0.05) is 0 Å². The minimum atomic E-state index is 0.969. The first-order chi connectivity index (χ1) is 11.8. The van der Waals surface area contributed by atoms with E-state index in [1.807, 2.05) is 6.20 Å². The zero-order valence-electron chi connectivity index (χ0n) is 14.4. The first kappa shape index (κ1) is 16.2. The lowest BCUT2D eigenvalue weighted by atomic mass is 10.3. The lowest BCUT2D eigenvalue weighted by molar-refractivity contribution is 0.145. The molecule has 2 aromatic heterocycles. The lowest BCUT2D eigenvalue weighted by Crippen LogP contribution is -2.44. The molecule has 2 aliphatic heterocycles. The predicted octanol–water partition coefficient (Wildman–Crippen LogP) is 1.15. The minimum Gasteiger partial charge on any atom is -0.329 e. The van der Waals surface area contributed by atoms with Crippen molar-refractivity contribution in [3.8, 4) is 0 Å². The van der Waals surface area contributed by atoms with Crippen LogP contribution in [0.25, 0.3) is 0 Å². The topological polar surface area (TPSA) is 40.4 Å². The Morgan fingerprint density at radius 3 is 2.54 bits per heavy atom. The number of likely N-dealkylation sites (N-methyl/N-ethyl adjacent to an activating group) is 1. The molecule has 24 heavy (non-hydrogen) atoms. The van der Waals surface area contributed by atoms with Crippen LogP contribution < -0.4 is 0 Å². The molecule has 4 rings (SSSR count). The number of hydrogen-bond acceptors (Lipinski definition) is 6. The van der Waals surface area contributed by atoms with Gasteiger partial charge in [-0.05, 0) is 7.05 Å². The Hall–Kier alpha value is -1.28. The van der Waals surface area contributed by atoms with Gasteiger partial charge in [0.1, 0.15) is 10.8 Å². The number of nitrogens with zero attached hydrogens (tertiary/aromatic N) is 6. The zero-order chi connectivity index (χ0) is 16.4. The van der Waals surface area contributed by atoms with Crippen LogP contribution in [0.4, 0.5) is 0 Å². The third kappa shape index (κ3) is 3.69. The van der Waals surface area contributed by atoms with Crippen molar-refractivity contribution in [3.05, 3.63) is 34.3 Å². The Balaban J connectivity index is 1.38. The van der Waals surface area contributed by atoms with Gasteiger partial charge in [0.15, 0.2) is 0 Å². The molecule has 6 nitrogen and oxygen atoms in total. The summed E-state index contributed by atoms with van der Waals surface area (Å²) in [5, 5.41) is 3.28. The largest absolute Gasteiger partial charge is 0.329 e. The van der Waals surface area contributed by atoms with Crippen LogP contribution in [0, 0.1) is 0 Å². The molecule has 0 saturated carbocycles.